The van der Waals surface area contributed by atoms with Crippen molar-refractivity contribution in [3.8, 4) is 11.5 Å². The number of carbonyl (C=O) groups is 1. The molecule has 0 aliphatic heterocycles. The van der Waals surface area contributed by atoms with E-state index in [1.807, 2.05) is 54.8 Å². The van der Waals surface area contributed by atoms with Crippen LogP contribution in [0, 0.1) is 6.92 Å². The molecule has 0 bridgehead atoms. The molecule has 2 aromatic heterocycles. The van der Waals surface area contributed by atoms with E-state index in [1.165, 1.54) is 27.7 Å². The monoisotopic (exact) mass is 437 g/mol. The van der Waals surface area contributed by atoms with E-state index in [1.54, 1.807) is 19.2 Å². The van der Waals surface area contributed by atoms with Crippen LogP contribution in [0.3, 0.4) is 0 Å². The molecule has 30 heavy (non-hydrogen) atoms. The minimum absolute atomic E-state index is 0.102. The Balaban J connectivity index is 1.45. The molecule has 6 nitrogen and oxygen atoms in total. The second-order valence-electron chi connectivity index (χ2n) is 6.64. The van der Waals surface area contributed by atoms with Crippen LogP contribution in [0.15, 0.2) is 69.9 Å². The van der Waals surface area contributed by atoms with Gasteiger partial charge in [0.05, 0.1) is 17.0 Å². The highest BCUT2D eigenvalue weighted by molar-refractivity contribution is 7.99. The Morgan fingerprint density at radius 1 is 1.17 bits per heavy atom. The second kappa shape index (κ2) is 8.73. The fraction of sp³-hybridized carbons (Fsp3) is 0.136. The molecule has 1 amide bonds. The van der Waals surface area contributed by atoms with Crippen LogP contribution < -0.4 is 15.6 Å². The minimum atomic E-state index is -0.209. The van der Waals surface area contributed by atoms with Gasteiger partial charge < -0.3 is 10.1 Å². The summed E-state index contributed by atoms with van der Waals surface area (Å²) in [6.07, 6.45) is 0. The molecule has 0 spiro atoms. The highest BCUT2D eigenvalue weighted by Crippen LogP contribution is 2.30. The van der Waals surface area contributed by atoms with Crippen LogP contribution in [0.25, 0.3) is 10.2 Å². The summed E-state index contributed by atoms with van der Waals surface area (Å²) in [6, 6.07) is 16.8. The number of ether oxygens (including phenoxy) is 1. The average Bonchev–Trinajstić information content (AvgIpc) is 3.21. The van der Waals surface area contributed by atoms with Crippen molar-refractivity contribution in [2.75, 3.05) is 11.1 Å². The molecular formula is C22H19N3O3S2. The molecule has 0 radical (unpaired) electrons. The fourth-order valence-corrected chi connectivity index (χ4v) is 4.38. The summed E-state index contributed by atoms with van der Waals surface area (Å²) in [5.41, 5.74) is 2.28. The van der Waals surface area contributed by atoms with Gasteiger partial charge in [0.1, 0.15) is 10.4 Å². The SMILES string of the molecule is Cc1ccc(Oc2ccccc2NC(=O)CSc2nc3ccsc3c(=O)n2C)cc1. The third kappa shape index (κ3) is 4.39. The van der Waals surface area contributed by atoms with Gasteiger partial charge in [-0.15, -0.1) is 11.3 Å². The molecule has 0 saturated heterocycles. The Hall–Kier alpha value is -3.10. The summed E-state index contributed by atoms with van der Waals surface area (Å²) in [4.78, 5) is 29.4. The zero-order chi connectivity index (χ0) is 21.1. The minimum Gasteiger partial charge on any atom is -0.455 e. The normalized spacial score (nSPS) is 10.9. The summed E-state index contributed by atoms with van der Waals surface area (Å²) in [5.74, 6) is 1.17. The van der Waals surface area contributed by atoms with E-state index in [4.69, 9.17) is 4.74 Å². The fourth-order valence-electron chi connectivity index (χ4n) is 2.81. The van der Waals surface area contributed by atoms with Crippen LogP contribution in [0.1, 0.15) is 5.56 Å². The molecule has 4 aromatic rings. The number of amides is 1. The maximum Gasteiger partial charge on any atom is 0.271 e. The number of rotatable bonds is 6. The number of thiophene rings is 1. The first-order valence-corrected chi connectivity index (χ1v) is 11.1. The van der Waals surface area contributed by atoms with Crippen molar-refractivity contribution in [1.82, 2.24) is 9.55 Å². The van der Waals surface area contributed by atoms with Gasteiger partial charge >= 0.3 is 0 Å². The molecule has 4 rings (SSSR count). The number of para-hydroxylation sites is 2. The molecule has 0 fully saturated rings. The Bertz CT molecular complexity index is 1260. The number of hydrogen-bond acceptors (Lipinski definition) is 6. The summed E-state index contributed by atoms with van der Waals surface area (Å²) < 4.78 is 8.02. The lowest BCUT2D eigenvalue weighted by molar-refractivity contribution is -0.113. The number of benzene rings is 2. The van der Waals surface area contributed by atoms with Crippen molar-refractivity contribution in [3.63, 3.8) is 0 Å². The number of thioether (sulfide) groups is 1. The van der Waals surface area contributed by atoms with Gasteiger partial charge in [-0.2, -0.15) is 0 Å². The Labute approximate surface area is 181 Å². The third-order valence-electron chi connectivity index (χ3n) is 4.39. The smallest absolute Gasteiger partial charge is 0.271 e. The average molecular weight is 438 g/mol. The summed E-state index contributed by atoms with van der Waals surface area (Å²) in [5, 5.41) is 5.22. The largest absolute Gasteiger partial charge is 0.455 e. The quantitative estimate of drug-likeness (QED) is 0.346. The summed E-state index contributed by atoms with van der Waals surface area (Å²) in [6.45, 7) is 2.01. The number of nitrogens with zero attached hydrogens (tertiary/aromatic N) is 2. The van der Waals surface area contributed by atoms with Gasteiger partial charge in [-0.1, -0.05) is 41.6 Å². The molecule has 2 aromatic carbocycles. The zero-order valence-corrected chi connectivity index (χ0v) is 18.0. The Morgan fingerprint density at radius 2 is 1.93 bits per heavy atom. The Morgan fingerprint density at radius 3 is 2.73 bits per heavy atom. The zero-order valence-electron chi connectivity index (χ0n) is 16.4. The predicted octanol–water partition coefficient (Wildman–Crippen LogP) is 4.83. The maximum atomic E-state index is 12.5. The standard InChI is InChI=1S/C22H19N3O3S2/c1-14-7-9-15(10-8-14)28-18-6-4-3-5-16(18)23-19(26)13-30-22-24-17-11-12-29-20(17)21(27)25(22)2/h3-12H,13H2,1-2H3,(H,23,26). The first-order valence-electron chi connectivity index (χ1n) is 9.22. The molecule has 0 unspecified atom stereocenters. The number of nitrogens with one attached hydrogen (secondary N) is 1. The maximum absolute atomic E-state index is 12.5. The lowest BCUT2D eigenvalue weighted by Gasteiger charge is -2.12. The molecule has 0 aliphatic carbocycles. The van der Waals surface area contributed by atoms with E-state index in [0.717, 1.165) is 5.56 Å². The second-order valence-corrected chi connectivity index (χ2v) is 8.50. The van der Waals surface area contributed by atoms with Gasteiger partial charge in [0.15, 0.2) is 10.9 Å². The van der Waals surface area contributed by atoms with Crippen molar-refractivity contribution < 1.29 is 9.53 Å². The lowest BCUT2D eigenvalue weighted by atomic mass is 10.2. The summed E-state index contributed by atoms with van der Waals surface area (Å²) >= 11 is 2.59. The number of carbonyl (C=O) groups excluding carboxylic acids is 1. The third-order valence-corrected chi connectivity index (χ3v) is 6.31. The van der Waals surface area contributed by atoms with Gasteiger partial charge in [0.2, 0.25) is 5.91 Å². The van der Waals surface area contributed by atoms with Crippen LogP contribution in [-0.4, -0.2) is 21.2 Å². The van der Waals surface area contributed by atoms with Crippen LogP contribution in [0.2, 0.25) is 0 Å². The first kappa shape index (κ1) is 20.2. The van der Waals surface area contributed by atoms with Gasteiger partial charge in [-0.25, -0.2) is 4.98 Å². The van der Waals surface area contributed by atoms with Crippen LogP contribution >= 0.6 is 23.1 Å². The van der Waals surface area contributed by atoms with Crippen molar-refractivity contribution >= 4 is 44.9 Å². The van der Waals surface area contributed by atoms with Crippen molar-refractivity contribution in [2.45, 2.75) is 12.1 Å². The first-order chi connectivity index (χ1) is 14.5. The van der Waals surface area contributed by atoms with E-state index in [-0.39, 0.29) is 17.2 Å². The Kier molecular flexibility index (Phi) is 5.87. The van der Waals surface area contributed by atoms with Crippen LogP contribution in [0.4, 0.5) is 5.69 Å². The lowest BCUT2D eigenvalue weighted by Crippen LogP contribution is -2.20. The van der Waals surface area contributed by atoms with Crippen LogP contribution in [0.5, 0.6) is 11.5 Å². The molecule has 8 heteroatoms. The van der Waals surface area contributed by atoms with Gasteiger partial charge in [0.25, 0.3) is 5.56 Å². The molecular weight excluding hydrogens is 418 g/mol. The number of aromatic nitrogens is 2. The predicted molar refractivity (Wildman–Crippen MR) is 122 cm³/mol. The molecule has 2 heterocycles. The molecule has 0 saturated carbocycles. The molecule has 0 atom stereocenters. The van der Waals surface area contributed by atoms with Crippen molar-refractivity contribution in [3.05, 3.63) is 75.9 Å². The van der Waals surface area contributed by atoms with E-state index in [0.29, 0.717) is 32.6 Å². The highest BCUT2D eigenvalue weighted by atomic mass is 32.2. The van der Waals surface area contributed by atoms with Gasteiger partial charge in [0, 0.05) is 7.05 Å². The topological polar surface area (TPSA) is 73.2 Å². The van der Waals surface area contributed by atoms with E-state index >= 15 is 0 Å². The van der Waals surface area contributed by atoms with Crippen molar-refractivity contribution in [2.24, 2.45) is 7.05 Å². The van der Waals surface area contributed by atoms with E-state index in [9.17, 15) is 9.59 Å². The van der Waals surface area contributed by atoms with Crippen molar-refractivity contribution in [1.29, 1.82) is 0 Å². The summed E-state index contributed by atoms with van der Waals surface area (Å²) in [7, 11) is 1.67. The van der Waals surface area contributed by atoms with Gasteiger partial charge in [-0.3, -0.25) is 14.2 Å². The number of aryl methyl sites for hydroxylation is 1. The molecule has 152 valence electrons. The van der Waals surface area contributed by atoms with E-state index < -0.39 is 0 Å². The van der Waals surface area contributed by atoms with Gasteiger partial charge in [-0.05, 0) is 42.6 Å². The number of hydrogen-bond donors (Lipinski definition) is 1. The molecule has 1 N–H and O–H groups in total. The highest BCUT2D eigenvalue weighted by Gasteiger charge is 2.13. The number of fused-ring (bicyclic) bond motifs is 1. The van der Waals surface area contributed by atoms with Crippen LogP contribution in [-0.2, 0) is 11.8 Å². The van der Waals surface area contributed by atoms with E-state index in [2.05, 4.69) is 10.3 Å². The number of anilines is 1. The molecule has 0 aliphatic rings.